The zero-order chi connectivity index (χ0) is 18.5. The Morgan fingerprint density at radius 2 is 2.15 bits per heavy atom. The molecule has 0 spiro atoms. The monoisotopic (exact) mass is 377 g/mol. The molecule has 2 atom stereocenters. The van der Waals surface area contributed by atoms with E-state index in [1.807, 2.05) is 4.90 Å². The number of benzene rings is 1. The maximum Gasteiger partial charge on any atom is 0.308 e. The molecule has 26 heavy (non-hydrogen) atoms. The highest BCUT2D eigenvalue weighted by atomic mass is 32.2. The van der Waals surface area contributed by atoms with Gasteiger partial charge in [0.1, 0.15) is 5.75 Å². The third kappa shape index (κ3) is 4.56. The number of carbonyl (C=O) groups excluding carboxylic acids is 3. The average Bonchev–Trinajstić information content (AvgIpc) is 3.31. The summed E-state index contributed by atoms with van der Waals surface area (Å²) in [5.41, 5.74) is 0.329. The Hall–Kier alpha value is -2.06. The standard InChI is InChI=1S/C18H23N3O4S/c1-12(22)25-16-5-3-2-4-14(16)17(23)20-10-13-8-15(19-9-13)18(24)21-6-7-26-11-21/h2-5,13,15,19H,6-11H2,1H3,(H,20,23)/t13-,15-/m0/s1. The summed E-state index contributed by atoms with van der Waals surface area (Å²) in [6.45, 7) is 3.28. The molecular weight excluding hydrogens is 354 g/mol. The fourth-order valence-corrected chi connectivity index (χ4v) is 4.15. The van der Waals surface area contributed by atoms with Gasteiger partial charge in [-0.05, 0) is 24.5 Å². The first-order valence-corrected chi connectivity index (χ1v) is 9.85. The van der Waals surface area contributed by atoms with Gasteiger partial charge in [0.05, 0.1) is 17.5 Å². The Morgan fingerprint density at radius 1 is 1.35 bits per heavy atom. The largest absolute Gasteiger partial charge is 0.426 e. The van der Waals surface area contributed by atoms with Gasteiger partial charge in [-0.3, -0.25) is 14.4 Å². The number of thioether (sulfide) groups is 1. The van der Waals surface area contributed by atoms with Crippen molar-refractivity contribution in [3.63, 3.8) is 0 Å². The van der Waals surface area contributed by atoms with E-state index in [9.17, 15) is 14.4 Å². The zero-order valence-electron chi connectivity index (χ0n) is 14.7. The number of hydrogen-bond donors (Lipinski definition) is 2. The predicted molar refractivity (Wildman–Crippen MR) is 99.0 cm³/mol. The van der Waals surface area contributed by atoms with E-state index in [4.69, 9.17) is 4.74 Å². The molecule has 0 radical (unpaired) electrons. The van der Waals surface area contributed by atoms with Crippen molar-refractivity contribution in [3.05, 3.63) is 29.8 Å². The summed E-state index contributed by atoms with van der Waals surface area (Å²) in [5.74, 6) is 1.62. The van der Waals surface area contributed by atoms with Gasteiger partial charge in [-0.1, -0.05) is 12.1 Å². The number of para-hydroxylation sites is 1. The maximum atomic E-state index is 12.4. The molecule has 2 aliphatic rings. The van der Waals surface area contributed by atoms with Gasteiger partial charge in [0.2, 0.25) is 5.91 Å². The van der Waals surface area contributed by atoms with Crippen LogP contribution in [0.1, 0.15) is 23.7 Å². The van der Waals surface area contributed by atoms with E-state index in [1.165, 1.54) is 6.92 Å². The minimum atomic E-state index is -0.466. The fourth-order valence-electron chi connectivity index (χ4n) is 3.19. The van der Waals surface area contributed by atoms with Crippen molar-refractivity contribution >= 4 is 29.5 Å². The first kappa shape index (κ1) is 18.7. The average molecular weight is 377 g/mol. The van der Waals surface area contributed by atoms with Gasteiger partial charge in [0, 0.05) is 32.3 Å². The van der Waals surface area contributed by atoms with Crippen LogP contribution in [-0.4, -0.2) is 60.0 Å². The van der Waals surface area contributed by atoms with Gasteiger partial charge in [0.15, 0.2) is 0 Å². The summed E-state index contributed by atoms with van der Waals surface area (Å²) in [6, 6.07) is 6.49. The summed E-state index contributed by atoms with van der Waals surface area (Å²) in [6.07, 6.45) is 0.714. The number of ether oxygens (including phenoxy) is 1. The fraction of sp³-hybridized carbons (Fsp3) is 0.500. The van der Waals surface area contributed by atoms with Crippen molar-refractivity contribution in [2.45, 2.75) is 19.4 Å². The second-order valence-corrected chi connectivity index (χ2v) is 7.58. The van der Waals surface area contributed by atoms with Gasteiger partial charge in [-0.25, -0.2) is 0 Å². The smallest absolute Gasteiger partial charge is 0.308 e. The molecule has 2 saturated heterocycles. The quantitative estimate of drug-likeness (QED) is 0.584. The number of nitrogens with zero attached hydrogens (tertiary/aromatic N) is 1. The van der Waals surface area contributed by atoms with Crippen LogP contribution in [0.15, 0.2) is 24.3 Å². The Labute approximate surface area is 156 Å². The molecule has 140 valence electrons. The summed E-state index contributed by atoms with van der Waals surface area (Å²) < 4.78 is 5.08. The first-order chi connectivity index (χ1) is 12.5. The second-order valence-electron chi connectivity index (χ2n) is 6.50. The van der Waals surface area contributed by atoms with Crippen LogP contribution in [0, 0.1) is 5.92 Å². The molecule has 0 saturated carbocycles. The van der Waals surface area contributed by atoms with E-state index in [2.05, 4.69) is 10.6 Å². The Morgan fingerprint density at radius 3 is 2.88 bits per heavy atom. The lowest BCUT2D eigenvalue weighted by atomic mass is 10.0. The molecule has 0 unspecified atom stereocenters. The Kier molecular flexibility index (Phi) is 6.16. The van der Waals surface area contributed by atoms with E-state index in [1.54, 1.807) is 36.0 Å². The molecule has 0 aliphatic carbocycles. The summed E-state index contributed by atoms with van der Waals surface area (Å²) in [5, 5.41) is 6.15. The van der Waals surface area contributed by atoms with Crippen LogP contribution in [0.4, 0.5) is 0 Å². The molecule has 2 aliphatic heterocycles. The predicted octanol–water partition coefficient (Wildman–Crippen LogP) is 0.853. The summed E-state index contributed by atoms with van der Waals surface area (Å²) in [7, 11) is 0. The van der Waals surface area contributed by atoms with Crippen molar-refractivity contribution in [2.75, 3.05) is 31.3 Å². The van der Waals surface area contributed by atoms with E-state index < -0.39 is 5.97 Å². The molecule has 2 N–H and O–H groups in total. The highest BCUT2D eigenvalue weighted by Crippen LogP contribution is 2.21. The minimum absolute atomic E-state index is 0.157. The van der Waals surface area contributed by atoms with Crippen LogP contribution in [0.3, 0.4) is 0 Å². The Bertz CT molecular complexity index is 691. The summed E-state index contributed by atoms with van der Waals surface area (Å²) >= 11 is 1.77. The van der Waals surface area contributed by atoms with Crippen molar-refractivity contribution in [3.8, 4) is 5.75 Å². The SMILES string of the molecule is CC(=O)Oc1ccccc1C(=O)NC[C@@H]1CN[C@H](C(=O)N2CCSC2)C1. The van der Waals surface area contributed by atoms with Crippen LogP contribution < -0.4 is 15.4 Å². The lowest BCUT2D eigenvalue weighted by Crippen LogP contribution is -2.42. The second kappa shape index (κ2) is 8.55. The number of amides is 2. The molecule has 0 bridgehead atoms. The van der Waals surface area contributed by atoms with Crippen LogP contribution in [0.5, 0.6) is 5.75 Å². The van der Waals surface area contributed by atoms with Gasteiger partial charge in [0.25, 0.3) is 5.91 Å². The maximum absolute atomic E-state index is 12.4. The van der Waals surface area contributed by atoms with E-state index in [0.717, 1.165) is 18.2 Å². The topological polar surface area (TPSA) is 87.7 Å². The van der Waals surface area contributed by atoms with Crippen molar-refractivity contribution in [2.24, 2.45) is 5.92 Å². The molecule has 8 heteroatoms. The van der Waals surface area contributed by atoms with Crippen LogP contribution in [-0.2, 0) is 9.59 Å². The molecule has 3 rings (SSSR count). The highest BCUT2D eigenvalue weighted by molar-refractivity contribution is 7.99. The van der Waals surface area contributed by atoms with Crippen LogP contribution in [0.2, 0.25) is 0 Å². The number of hydrogen-bond acceptors (Lipinski definition) is 6. The first-order valence-electron chi connectivity index (χ1n) is 8.70. The van der Waals surface area contributed by atoms with Gasteiger partial charge >= 0.3 is 5.97 Å². The van der Waals surface area contributed by atoms with Crippen molar-refractivity contribution in [1.29, 1.82) is 0 Å². The Balaban J connectivity index is 1.51. The number of esters is 1. The minimum Gasteiger partial charge on any atom is -0.426 e. The third-order valence-corrected chi connectivity index (χ3v) is 5.49. The van der Waals surface area contributed by atoms with E-state index >= 15 is 0 Å². The van der Waals surface area contributed by atoms with Crippen molar-refractivity contribution < 1.29 is 19.1 Å². The molecule has 2 heterocycles. The van der Waals surface area contributed by atoms with Gasteiger partial charge < -0.3 is 20.3 Å². The number of carbonyl (C=O) groups is 3. The zero-order valence-corrected chi connectivity index (χ0v) is 15.5. The van der Waals surface area contributed by atoms with Gasteiger partial charge in [-0.2, -0.15) is 0 Å². The van der Waals surface area contributed by atoms with Crippen molar-refractivity contribution in [1.82, 2.24) is 15.5 Å². The van der Waals surface area contributed by atoms with E-state index in [0.29, 0.717) is 25.1 Å². The molecule has 1 aromatic rings. The molecule has 2 amide bonds. The molecule has 0 aromatic heterocycles. The lowest BCUT2D eigenvalue weighted by molar-refractivity contribution is -0.132. The van der Waals surface area contributed by atoms with E-state index in [-0.39, 0.29) is 29.5 Å². The molecule has 2 fully saturated rings. The normalized spacial score (nSPS) is 22.3. The van der Waals surface area contributed by atoms with Crippen LogP contribution in [0.25, 0.3) is 0 Å². The van der Waals surface area contributed by atoms with Gasteiger partial charge in [-0.15, -0.1) is 11.8 Å². The third-order valence-electron chi connectivity index (χ3n) is 4.52. The van der Waals surface area contributed by atoms with Crippen LogP contribution >= 0.6 is 11.8 Å². The summed E-state index contributed by atoms with van der Waals surface area (Å²) in [4.78, 5) is 37.9. The number of rotatable bonds is 5. The molecular formula is C18H23N3O4S. The molecule has 7 nitrogen and oxygen atoms in total. The molecule has 1 aromatic carbocycles. The number of nitrogens with one attached hydrogen (secondary N) is 2. The lowest BCUT2D eigenvalue weighted by Gasteiger charge is -2.19. The highest BCUT2D eigenvalue weighted by Gasteiger charge is 2.33.